The van der Waals surface area contributed by atoms with Crippen LogP contribution >= 0.6 is 0 Å². The van der Waals surface area contributed by atoms with Crippen molar-refractivity contribution in [1.82, 2.24) is 4.90 Å². The van der Waals surface area contributed by atoms with Gasteiger partial charge in [-0.15, -0.1) is 0 Å². The molecule has 2 rings (SSSR count). The Kier molecular flexibility index (Phi) is 3.54. The fourth-order valence-corrected chi connectivity index (χ4v) is 1.98. The molecule has 0 N–H and O–H groups in total. The number of nitrogens with zero attached hydrogens (tertiary/aromatic N) is 2. The number of halogens is 6. The molecule has 0 unspecified atom stereocenters. The summed E-state index contributed by atoms with van der Waals surface area (Å²) in [4.78, 5) is 13.8. The lowest BCUT2D eigenvalue weighted by molar-refractivity contribution is -0.143. The molecule has 21 heavy (non-hydrogen) atoms. The van der Waals surface area contributed by atoms with Crippen molar-refractivity contribution in [2.45, 2.75) is 12.4 Å². The summed E-state index contributed by atoms with van der Waals surface area (Å²) < 4.78 is 76.3. The number of carbonyl (C=O) groups excluding carboxylic acids is 1. The van der Waals surface area contributed by atoms with E-state index in [1.54, 1.807) is 0 Å². The van der Waals surface area contributed by atoms with Crippen LogP contribution in [0.5, 0.6) is 0 Å². The maximum absolute atomic E-state index is 12.7. The van der Waals surface area contributed by atoms with Gasteiger partial charge in [-0.25, -0.2) is 4.79 Å². The summed E-state index contributed by atoms with van der Waals surface area (Å²) in [5.74, 6) is 0. The minimum absolute atomic E-state index is 0.0355. The largest absolute Gasteiger partial charge is 0.416 e. The van der Waals surface area contributed by atoms with Crippen molar-refractivity contribution in [3.05, 3.63) is 29.3 Å². The second-order valence-electron chi connectivity index (χ2n) is 4.62. The summed E-state index contributed by atoms with van der Waals surface area (Å²) in [6.45, 7) is 0.268. The summed E-state index contributed by atoms with van der Waals surface area (Å²) in [7, 11) is 1.42. The van der Waals surface area contributed by atoms with E-state index in [1.165, 1.54) is 11.9 Å². The van der Waals surface area contributed by atoms with Crippen molar-refractivity contribution < 1.29 is 31.1 Å². The zero-order valence-corrected chi connectivity index (χ0v) is 10.7. The van der Waals surface area contributed by atoms with Gasteiger partial charge in [-0.1, -0.05) is 0 Å². The second-order valence-corrected chi connectivity index (χ2v) is 4.62. The molecule has 2 amide bonds. The molecular weight excluding hydrogens is 302 g/mol. The van der Waals surface area contributed by atoms with Gasteiger partial charge in [0.05, 0.1) is 11.1 Å². The molecule has 1 saturated heterocycles. The van der Waals surface area contributed by atoms with E-state index in [2.05, 4.69) is 0 Å². The van der Waals surface area contributed by atoms with Crippen molar-refractivity contribution in [3.63, 3.8) is 0 Å². The molecule has 0 radical (unpaired) electrons. The average Bonchev–Trinajstić information content (AvgIpc) is 2.67. The summed E-state index contributed by atoms with van der Waals surface area (Å²) in [6, 6.07) is 0.495. The summed E-state index contributed by atoms with van der Waals surface area (Å²) >= 11 is 0. The highest BCUT2D eigenvalue weighted by molar-refractivity contribution is 5.94. The SMILES string of the molecule is CN1CCN(c2cc(C(F)(F)F)cc(C(F)(F)F)c2)C1=O. The summed E-state index contributed by atoms with van der Waals surface area (Å²) in [6.07, 6.45) is -9.85. The van der Waals surface area contributed by atoms with E-state index in [0.29, 0.717) is 12.1 Å². The standard InChI is InChI=1S/C12H10F6N2O/c1-19-2-3-20(10(19)21)9-5-7(11(13,14)15)4-8(6-9)12(16,17)18/h4-6H,2-3H2,1H3. The third kappa shape index (κ3) is 3.06. The molecule has 0 atom stereocenters. The first-order valence-electron chi connectivity index (χ1n) is 5.82. The minimum Gasteiger partial charge on any atom is -0.326 e. The molecule has 1 aromatic carbocycles. The van der Waals surface area contributed by atoms with Crippen molar-refractivity contribution in [1.29, 1.82) is 0 Å². The maximum atomic E-state index is 12.7. The normalized spacial score (nSPS) is 16.8. The van der Waals surface area contributed by atoms with Crippen LogP contribution in [0.2, 0.25) is 0 Å². The fraction of sp³-hybridized carbons (Fsp3) is 0.417. The smallest absolute Gasteiger partial charge is 0.326 e. The van der Waals surface area contributed by atoms with Crippen molar-refractivity contribution in [2.24, 2.45) is 0 Å². The van der Waals surface area contributed by atoms with Gasteiger partial charge in [0.2, 0.25) is 0 Å². The molecule has 0 aromatic heterocycles. The van der Waals surface area contributed by atoms with Crippen LogP contribution < -0.4 is 4.90 Å². The Bertz CT molecular complexity index is 534. The van der Waals surface area contributed by atoms with E-state index in [0.717, 1.165) is 4.90 Å². The van der Waals surface area contributed by atoms with Gasteiger partial charge >= 0.3 is 18.4 Å². The lowest BCUT2D eigenvalue weighted by atomic mass is 10.1. The minimum atomic E-state index is -4.93. The Morgan fingerprint density at radius 3 is 1.71 bits per heavy atom. The van der Waals surface area contributed by atoms with Crippen LogP contribution in [-0.2, 0) is 12.4 Å². The predicted octanol–water partition coefficient (Wildman–Crippen LogP) is 3.60. The number of hydrogen-bond donors (Lipinski definition) is 0. The molecule has 0 saturated carbocycles. The number of amides is 2. The number of alkyl halides is 6. The van der Waals surface area contributed by atoms with Gasteiger partial charge in [0, 0.05) is 25.8 Å². The number of rotatable bonds is 1. The first kappa shape index (κ1) is 15.5. The highest BCUT2D eigenvalue weighted by atomic mass is 19.4. The van der Waals surface area contributed by atoms with E-state index < -0.39 is 35.2 Å². The molecule has 1 aliphatic heterocycles. The van der Waals surface area contributed by atoms with E-state index >= 15 is 0 Å². The van der Waals surface area contributed by atoms with Crippen LogP contribution in [0.4, 0.5) is 36.8 Å². The Morgan fingerprint density at radius 1 is 0.905 bits per heavy atom. The van der Waals surface area contributed by atoms with Gasteiger partial charge in [-0.2, -0.15) is 26.3 Å². The molecule has 0 spiro atoms. The van der Waals surface area contributed by atoms with Crippen LogP contribution in [-0.4, -0.2) is 31.1 Å². The highest BCUT2D eigenvalue weighted by Crippen LogP contribution is 2.38. The van der Waals surface area contributed by atoms with Crippen LogP contribution in [0.15, 0.2) is 18.2 Å². The molecular formula is C12H10F6N2O. The lowest BCUT2D eigenvalue weighted by Gasteiger charge is -2.20. The molecule has 116 valence electrons. The highest BCUT2D eigenvalue weighted by Gasteiger charge is 2.38. The molecule has 1 heterocycles. The number of benzene rings is 1. The van der Waals surface area contributed by atoms with Crippen LogP contribution in [0.1, 0.15) is 11.1 Å². The van der Waals surface area contributed by atoms with Gasteiger partial charge in [0.1, 0.15) is 0 Å². The Balaban J connectivity index is 2.53. The third-order valence-corrected chi connectivity index (χ3v) is 3.10. The molecule has 0 bridgehead atoms. The first-order valence-corrected chi connectivity index (χ1v) is 5.82. The van der Waals surface area contributed by atoms with E-state index in [-0.39, 0.29) is 19.2 Å². The molecule has 3 nitrogen and oxygen atoms in total. The fourth-order valence-electron chi connectivity index (χ4n) is 1.98. The summed E-state index contributed by atoms with van der Waals surface area (Å²) in [5, 5.41) is 0. The topological polar surface area (TPSA) is 23.6 Å². The Morgan fingerprint density at radius 2 is 1.38 bits per heavy atom. The maximum Gasteiger partial charge on any atom is 0.416 e. The quantitative estimate of drug-likeness (QED) is 0.727. The van der Waals surface area contributed by atoms with Crippen LogP contribution in [0, 0.1) is 0 Å². The van der Waals surface area contributed by atoms with Crippen molar-refractivity contribution >= 4 is 11.7 Å². The van der Waals surface area contributed by atoms with Crippen LogP contribution in [0.25, 0.3) is 0 Å². The number of anilines is 1. The monoisotopic (exact) mass is 312 g/mol. The first-order chi connectivity index (χ1) is 9.50. The number of urea groups is 1. The molecule has 0 aliphatic carbocycles. The van der Waals surface area contributed by atoms with Crippen LogP contribution in [0.3, 0.4) is 0 Å². The molecule has 1 aliphatic rings. The van der Waals surface area contributed by atoms with Gasteiger partial charge in [-0.3, -0.25) is 4.90 Å². The Hall–Kier alpha value is -1.93. The van der Waals surface area contributed by atoms with Gasteiger partial charge < -0.3 is 4.90 Å². The molecule has 1 fully saturated rings. The van der Waals surface area contributed by atoms with Gasteiger partial charge in [-0.05, 0) is 18.2 Å². The summed E-state index contributed by atoms with van der Waals surface area (Å²) in [5.41, 5.74) is -3.28. The number of hydrogen-bond acceptors (Lipinski definition) is 1. The zero-order valence-electron chi connectivity index (χ0n) is 10.7. The lowest BCUT2D eigenvalue weighted by Crippen LogP contribution is -2.29. The van der Waals surface area contributed by atoms with E-state index in [9.17, 15) is 31.1 Å². The van der Waals surface area contributed by atoms with E-state index in [1.807, 2.05) is 0 Å². The van der Waals surface area contributed by atoms with Gasteiger partial charge in [0.25, 0.3) is 0 Å². The van der Waals surface area contributed by atoms with Gasteiger partial charge in [0.15, 0.2) is 0 Å². The number of likely N-dealkylation sites (N-methyl/N-ethyl adjacent to an activating group) is 1. The molecule has 1 aromatic rings. The van der Waals surface area contributed by atoms with Crippen molar-refractivity contribution in [2.75, 3.05) is 25.0 Å². The third-order valence-electron chi connectivity index (χ3n) is 3.10. The predicted molar refractivity (Wildman–Crippen MR) is 61.8 cm³/mol. The average molecular weight is 312 g/mol. The number of carbonyl (C=O) groups is 1. The van der Waals surface area contributed by atoms with E-state index in [4.69, 9.17) is 0 Å². The Labute approximate surface area is 115 Å². The van der Waals surface area contributed by atoms with Crippen molar-refractivity contribution in [3.8, 4) is 0 Å². The zero-order chi connectivity index (χ0) is 16.0. The second kappa shape index (κ2) is 4.81. The molecule has 9 heteroatoms.